The minimum absolute atomic E-state index is 0.550. The van der Waals surface area contributed by atoms with Crippen LogP contribution in [0.2, 0.25) is 0 Å². The van der Waals surface area contributed by atoms with Crippen LogP contribution in [0.3, 0.4) is 0 Å². The third kappa shape index (κ3) is 2.81. The summed E-state index contributed by atoms with van der Waals surface area (Å²) in [5.74, 6) is 0. The Labute approximate surface area is 165 Å². The zero-order valence-electron chi connectivity index (χ0n) is 16.4. The Morgan fingerprint density at radius 3 is 2.86 bits per heavy atom. The van der Waals surface area contributed by atoms with Gasteiger partial charge in [-0.15, -0.1) is 0 Å². The fourth-order valence-corrected chi connectivity index (χ4v) is 4.58. The second kappa shape index (κ2) is 6.73. The maximum absolute atomic E-state index is 11.2. The summed E-state index contributed by atoms with van der Waals surface area (Å²) in [7, 11) is 2.18. The number of likely N-dealkylation sites (N-methyl/N-ethyl adjacent to an activating group) is 1. The van der Waals surface area contributed by atoms with Crippen LogP contribution in [-0.4, -0.2) is 33.1 Å². The molecular weight excluding hydrogens is 346 g/mol. The van der Waals surface area contributed by atoms with Gasteiger partial charge in [-0.1, -0.05) is 35.9 Å². The fraction of sp³-hybridized carbons (Fsp3) is 0.292. The first-order chi connectivity index (χ1) is 13.6. The third-order valence-electron chi connectivity index (χ3n) is 6.01. The molecule has 3 heterocycles. The molecule has 4 aromatic rings. The maximum atomic E-state index is 11.2. The SMILES string of the molecule is Cc1ccc2c(c1)c1c(n2CC(O)c2cncc3ccccc23)CCN(C)C1. The first-order valence-corrected chi connectivity index (χ1v) is 9.91. The lowest BCUT2D eigenvalue weighted by atomic mass is 10.0. The highest BCUT2D eigenvalue weighted by Crippen LogP contribution is 2.33. The lowest BCUT2D eigenvalue weighted by Gasteiger charge is -2.25. The van der Waals surface area contributed by atoms with Gasteiger partial charge in [0.2, 0.25) is 0 Å². The van der Waals surface area contributed by atoms with E-state index in [9.17, 15) is 5.11 Å². The zero-order chi connectivity index (χ0) is 19.3. The molecule has 5 rings (SSSR count). The summed E-state index contributed by atoms with van der Waals surface area (Å²) >= 11 is 0. The van der Waals surface area contributed by atoms with Gasteiger partial charge in [-0.25, -0.2) is 0 Å². The molecule has 0 aliphatic carbocycles. The molecule has 0 radical (unpaired) electrons. The lowest BCUT2D eigenvalue weighted by molar-refractivity contribution is 0.157. The highest BCUT2D eigenvalue weighted by Gasteiger charge is 2.24. The van der Waals surface area contributed by atoms with Crippen molar-refractivity contribution in [1.29, 1.82) is 0 Å². The van der Waals surface area contributed by atoms with Gasteiger partial charge in [0.25, 0.3) is 0 Å². The highest BCUT2D eigenvalue weighted by molar-refractivity contribution is 5.87. The van der Waals surface area contributed by atoms with Gasteiger partial charge in [-0.05, 0) is 37.1 Å². The van der Waals surface area contributed by atoms with Crippen molar-refractivity contribution in [2.45, 2.75) is 32.5 Å². The van der Waals surface area contributed by atoms with Crippen LogP contribution in [0.15, 0.2) is 54.9 Å². The molecule has 0 bridgehead atoms. The van der Waals surface area contributed by atoms with Crippen molar-refractivity contribution in [3.05, 3.63) is 77.2 Å². The molecule has 0 spiro atoms. The molecule has 142 valence electrons. The molecule has 0 amide bonds. The van der Waals surface area contributed by atoms with E-state index < -0.39 is 6.10 Å². The molecule has 0 fully saturated rings. The topological polar surface area (TPSA) is 41.3 Å². The monoisotopic (exact) mass is 371 g/mol. The number of aryl methyl sites for hydroxylation is 1. The number of aromatic nitrogens is 2. The van der Waals surface area contributed by atoms with E-state index in [1.54, 1.807) is 0 Å². The number of hydrogen-bond acceptors (Lipinski definition) is 3. The third-order valence-corrected chi connectivity index (χ3v) is 6.01. The Balaban J connectivity index is 1.62. The number of rotatable bonds is 3. The Morgan fingerprint density at radius 2 is 1.96 bits per heavy atom. The molecule has 2 aromatic carbocycles. The minimum Gasteiger partial charge on any atom is -0.386 e. The molecule has 1 unspecified atom stereocenters. The largest absolute Gasteiger partial charge is 0.386 e. The summed E-state index contributed by atoms with van der Waals surface area (Å²) in [6.07, 6.45) is 4.08. The predicted octanol–water partition coefficient (Wildman–Crippen LogP) is 4.22. The van der Waals surface area contributed by atoms with Gasteiger partial charge in [0, 0.05) is 59.5 Å². The van der Waals surface area contributed by atoms with Crippen molar-refractivity contribution in [3.63, 3.8) is 0 Å². The number of hydrogen-bond donors (Lipinski definition) is 1. The van der Waals surface area contributed by atoms with E-state index in [-0.39, 0.29) is 0 Å². The fourth-order valence-electron chi connectivity index (χ4n) is 4.58. The van der Waals surface area contributed by atoms with Gasteiger partial charge in [0.05, 0.1) is 12.6 Å². The number of fused-ring (bicyclic) bond motifs is 4. The minimum atomic E-state index is -0.598. The molecule has 28 heavy (non-hydrogen) atoms. The molecule has 0 saturated carbocycles. The summed E-state index contributed by atoms with van der Waals surface area (Å²) in [5.41, 5.74) is 6.17. The second-order valence-electron chi connectivity index (χ2n) is 8.01. The highest BCUT2D eigenvalue weighted by atomic mass is 16.3. The zero-order valence-corrected chi connectivity index (χ0v) is 16.4. The van der Waals surface area contributed by atoms with Crippen LogP contribution < -0.4 is 0 Å². The molecule has 4 heteroatoms. The van der Waals surface area contributed by atoms with Crippen LogP contribution in [-0.2, 0) is 19.5 Å². The number of aliphatic hydroxyl groups excluding tert-OH is 1. The van der Waals surface area contributed by atoms with Crippen LogP contribution in [0.4, 0.5) is 0 Å². The Hall–Kier alpha value is -2.69. The number of pyridine rings is 1. The van der Waals surface area contributed by atoms with Crippen LogP contribution in [0.1, 0.15) is 28.5 Å². The molecule has 0 saturated heterocycles. The van der Waals surface area contributed by atoms with Gasteiger partial charge in [-0.3, -0.25) is 4.98 Å². The summed E-state index contributed by atoms with van der Waals surface area (Å²) in [5, 5.41) is 14.7. The first kappa shape index (κ1) is 17.4. The smallest absolute Gasteiger partial charge is 0.0989 e. The van der Waals surface area contributed by atoms with Crippen LogP contribution >= 0.6 is 0 Å². The Kier molecular flexibility index (Phi) is 4.18. The molecule has 1 aliphatic rings. The van der Waals surface area contributed by atoms with E-state index in [0.717, 1.165) is 35.8 Å². The van der Waals surface area contributed by atoms with Crippen molar-refractivity contribution >= 4 is 21.7 Å². The van der Waals surface area contributed by atoms with Crippen molar-refractivity contribution < 1.29 is 5.11 Å². The van der Waals surface area contributed by atoms with E-state index in [1.807, 2.05) is 30.6 Å². The summed E-state index contributed by atoms with van der Waals surface area (Å²) in [6, 6.07) is 14.8. The van der Waals surface area contributed by atoms with Crippen LogP contribution in [0, 0.1) is 6.92 Å². The number of aliphatic hydroxyl groups is 1. The van der Waals surface area contributed by atoms with E-state index in [4.69, 9.17) is 0 Å². The number of benzene rings is 2. The summed E-state index contributed by atoms with van der Waals surface area (Å²) in [4.78, 5) is 6.73. The molecule has 1 atom stereocenters. The van der Waals surface area contributed by atoms with E-state index in [0.29, 0.717) is 6.54 Å². The molecule has 4 nitrogen and oxygen atoms in total. The van der Waals surface area contributed by atoms with Crippen LogP contribution in [0.25, 0.3) is 21.7 Å². The lowest BCUT2D eigenvalue weighted by Crippen LogP contribution is -2.27. The van der Waals surface area contributed by atoms with Crippen molar-refractivity contribution in [2.24, 2.45) is 0 Å². The van der Waals surface area contributed by atoms with Crippen LogP contribution in [0.5, 0.6) is 0 Å². The predicted molar refractivity (Wildman–Crippen MR) is 113 cm³/mol. The maximum Gasteiger partial charge on any atom is 0.0989 e. The van der Waals surface area contributed by atoms with Crippen molar-refractivity contribution in [3.8, 4) is 0 Å². The molecule has 2 aromatic heterocycles. The van der Waals surface area contributed by atoms with Crippen molar-refractivity contribution in [1.82, 2.24) is 14.5 Å². The van der Waals surface area contributed by atoms with E-state index >= 15 is 0 Å². The molecule has 1 N–H and O–H groups in total. The van der Waals surface area contributed by atoms with Crippen molar-refractivity contribution in [2.75, 3.05) is 13.6 Å². The quantitative estimate of drug-likeness (QED) is 0.586. The average Bonchev–Trinajstić information content (AvgIpc) is 2.99. The summed E-state index contributed by atoms with van der Waals surface area (Å²) < 4.78 is 2.34. The standard InChI is InChI=1S/C24H25N3O/c1-16-7-8-22-19(11-16)21-14-26(2)10-9-23(21)27(22)15-24(28)20-13-25-12-17-5-3-4-6-18(17)20/h3-8,11-13,24,28H,9-10,14-15H2,1-2H3. The van der Waals surface area contributed by atoms with Gasteiger partial charge < -0.3 is 14.6 Å². The van der Waals surface area contributed by atoms with E-state index in [2.05, 4.69) is 52.7 Å². The second-order valence-corrected chi connectivity index (χ2v) is 8.01. The Bertz CT molecular complexity index is 1170. The number of nitrogens with zero attached hydrogens (tertiary/aromatic N) is 3. The molecule has 1 aliphatic heterocycles. The summed E-state index contributed by atoms with van der Waals surface area (Å²) in [6.45, 7) is 4.71. The van der Waals surface area contributed by atoms with Gasteiger partial charge in [0.1, 0.15) is 0 Å². The Morgan fingerprint density at radius 1 is 1.11 bits per heavy atom. The molecular formula is C24H25N3O. The van der Waals surface area contributed by atoms with Gasteiger partial charge >= 0.3 is 0 Å². The van der Waals surface area contributed by atoms with E-state index in [1.165, 1.54) is 27.7 Å². The first-order valence-electron chi connectivity index (χ1n) is 9.91. The van der Waals surface area contributed by atoms with Gasteiger partial charge in [-0.2, -0.15) is 0 Å². The average molecular weight is 371 g/mol. The normalized spacial score (nSPS) is 15.8. The van der Waals surface area contributed by atoms with Gasteiger partial charge in [0.15, 0.2) is 0 Å².